The van der Waals surface area contributed by atoms with Crippen molar-refractivity contribution in [2.75, 3.05) is 7.11 Å². The van der Waals surface area contributed by atoms with Crippen LogP contribution in [-0.4, -0.2) is 13.2 Å². The summed E-state index contributed by atoms with van der Waals surface area (Å²) in [6, 6.07) is 0. The summed E-state index contributed by atoms with van der Waals surface area (Å²) < 4.78 is 5.53. The topological polar surface area (TPSA) is 9.23 Å². The first kappa shape index (κ1) is 10.8. The van der Waals surface area contributed by atoms with E-state index in [-0.39, 0.29) is 0 Å². The van der Waals surface area contributed by atoms with Gasteiger partial charge in [0.1, 0.15) is 0 Å². The Bertz CT molecular complexity index is 181. The van der Waals surface area contributed by atoms with Gasteiger partial charge < -0.3 is 4.74 Å². The van der Waals surface area contributed by atoms with E-state index < -0.39 is 0 Å². The smallest absolute Gasteiger partial charge is 0.0627 e. The second-order valence-corrected chi connectivity index (χ2v) is 4.48. The van der Waals surface area contributed by atoms with Crippen LogP contribution in [0.3, 0.4) is 0 Å². The molecule has 1 aliphatic carbocycles. The lowest BCUT2D eigenvalue weighted by atomic mass is 9.92. The van der Waals surface area contributed by atoms with Gasteiger partial charge in [-0.05, 0) is 39.5 Å². The van der Waals surface area contributed by atoms with E-state index in [9.17, 15) is 0 Å². The van der Waals surface area contributed by atoms with Crippen LogP contribution < -0.4 is 0 Å². The van der Waals surface area contributed by atoms with Crippen molar-refractivity contribution in [2.45, 2.75) is 52.6 Å². The largest absolute Gasteiger partial charge is 0.381 e. The molecular formula is C12H22O. The third-order valence-electron chi connectivity index (χ3n) is 3.15. The Balaban J connectivity index is 2.50. The average Bonchev–Trinajstić information content (AvgIpc) is 2.85. The third-order valence-corrected chi connectivity index (χ3v) is 3.15. The number of hydrogen-bond donors (Lipinski definition) is 0. The van der Waals surface area contributed by atoms with Gasteiger partial charge in [-0.3, -0.25) is 0 Å². The van der Waals surface area contributed by atoms with Gasteiger partial charge in [-0.25, -0.2) is 0 Å². The molecule has 1 aliphatic rings. The zero-order chi connectivity index (χ0) is 9.90. The predicted molar refractivity (Wildman–Crippen MR) is 56.8 cm³/mol. The molecule has 1 fully saturated rings. The first-order valence-electron chi connectivity index (χ1n) is 5.31. The van der Waals surface area contributed by atoms with Gasteiger partial charge in [0.05, 0.1) is 6.10 Å². The number of allylic oxidation sites excluding steroid dienone is 2. The summed E-state index contributed by atoms with van der Waals surface area (Å²) in [7, 11) is 1.84. The van der Waals surface area contributed by atoms with E-state index in [1.165, 1.54) is 24.8 Å². The van der Waals surface area contributed by atoms with Gasteiger partial charge in [-0.15, -0.1) is 0 Å². The molecule has 0 aromatic rings. The lowest BCUT2D eigenvalue weighted by Gasteiger charge is -2.23. The van der Waals surface area contributed by atoms with Crippen LogP contribution in [0.1, 0.15) is 46.5 Å². The summed E-state index contributed by atoms with van der Waals surface area (Å²) in [5.74, 6) is 0. The molecule has 1 saturated carbocycles. The van der Waals surface area contributed by atoms with Crippen LogP contribution in [0.15, 0.2) is 11.6 Å². The molecule has 1 atom stereocenters. The molecule has 0 aromatic heterocycles. The normalized spacial score (nSPS) is 20.9. The van der Waals surface area contributed by atoms with Crippen molar-refractivity contribution in [2.24, 2.45) is 5.41 Å². The van der Waals surface area contributed by atoms with Gasteiger partial charge in [0.25, 0.3) is 0 Å². The molecule has 0 unspecified atom stereocenters. The summed E-state index contributed by atoms with van der Waals surface area (Å²) in [6.45, 7) is 6.56. The molecule has 0 aromatic carbocycles. The standard InChI is InChI=1S/C12H22O/c1-5-11(13-4)12(8-9-12)7-6-10(2)3/h6,11H,5,7-9H2,1-4H3/t11-/m1/s1. The van der Waals surface area contributed by atoms with Crippen LogP contribution >= 0.6 is 0 Å². The van der Waals surface area contributed by atoms with Gasteiger partial charge in [0.15, 0.2) is 0 Å². The molecule has 0 N–H and O–H groups in total. The highest BCUT2D eigenvalue weighted by Gasteiger charge is 2.47. The average molecular weight is 182 g/mol. The van der Waals surface area contributed by atoms with Crippen molar-refractivity contribution in [3.8, 4) is 0 Å². The summed E-state index contributed by atoms with van der Waals surface area (Å²) in [5.41, 5.74) is 1.93. The Morgan fingerprint density at radius 3 is 2.38 bits per heavy atom. The highest BCUT2D eigenvalue weighted by Crippen LogP contribution is 2.54. The van der Waals surface area contributed by atoms with Crippen molar-refractivity contribution in [1.82, 2.24) is 0 Å². The number of methoxy groups -OCH3 is 1. The molecule has 76 valence electrons. The van der Waals surface area contributed by atoms with Gasteiger partial charge in [-0.2, -0.15) is 0 Å². The summed E-state index contributed by atoms with van der Waals surface area (Å²) in [5, 5.41) is 0. The molecule has 13 heavy (non-hydrogen) atoms. The fourth-order valence-electron chi connectivity index (χ4n) is 2.08. The lowest BCUT2D eigenvalue weighted by Crippen LogP contribution is -2.23. The Morgan fingerprint density at radius 1 is 1.46 bits per heavy atom. The van der Waals surface area contributed by atoms with Crippen LogP contribution in [0.25, 0.3) is 0 Å². The number of rotatable bonds is 5. The molecule has 0 spiro atoms. The molecule has 1 rings (SSSR count). The lowest BCUT2D eigenvalue weighted by molar-refractivity contribution is 0.0380. The van der Waals surface area contributed by atoms with Gasteiger partial charge in [0, 0.05) is 12.5 Å². The van der Waals surface area contributed by atoms with Crippen molar-refractivity contribution in [3.05, 3.63) is 11.6 Å². The van der Waals surface area contributed by atoms with Crippen LogP contribution in [0.4, 0.5) is 0 Å². The molecule has 0 amide bonds. The minimum absolute atomic E-state index is 0.475. The van der Waals surface area contributed by atoms with E-state index in [1.54, 1.807) is 0 Å². The van der Waals surface area contributed by atoms with Gasteiger partial charge in [-0.1, -0.05) is 18.6 Å². The molecule has 1 heteroatoms. The fraction of sp³-hybridized carbons (Fsp3) is 0.833. The van der Waals surface area contributed by atoms with Crippen molar-refractivity contribution in [1.29, 1.82) is 0 Å². The first-order valence-corrected chi connectivity index (χ1v) is 5.31. The highest BCUT2D eigenvalue weighted by atomic mass is 16.5. The van der Waals surface area contributed by atoms with E-state index in [2.05, 4.69) is 26.8 Å². The minimum atomic E-state index is 0.475. The summed E-state index contributed by atoms with van der Waals surface area (Å²) in [6.07, 6.45) is 7.89. The SMILES string of the molecule is CC[C@@H](OC)C1(CC=C(C)C)CC1. The third kappa shape index (κ3) is 2.57. The zero-order valence-corrected chi connectivity index (χ0v) is 9.39. The second kappa shape index (κ2) is 4.28. The monoisotopic (exact) mass is 182 g/mol. The van der Waals surface area contributed by atoms with Gasteiger partial charge in [0.2, 0.25) is 0 Å². The Kier molecular flexibility index (Phi) is 3.55. The van der Waals surface area contributed by atoms with E-state index in [1.807, 2.05) is 7.11 Å². The Hall–Kier alpha value is -0.300. The maximum absolute atomic E-state index is 5.53. The van der Waals surface area contributed by atoms with Crippen molar-refractivity contribution >= 4 is 0 Å². The predicted octanol–water partition coefficient (Wildman–Crippen LogP) is 3.55. The molecule has 0 radical (unpaired) electrons. The summed E-state index contributed by atoms with van der Waals surface area (Å²) in [4.78, 5) is 0. The molecular weight excluding hydrogens is 160 g/mol. The summed E-state index contributed by atoms with van der Waals surface area (Å²) >= 11 is 0. The number of ether oxygens (including phenoxy) is 1. The molecule has 0 heterocycles. The zero-order valence-electron chi connectivity index (χ0n) is 9.39. The van der Waals surface area contributed by atoms with E-state index >= 15 is 0 Å². The maximum Gasteiger partial charge on any atom is 0.0627 e. The van der Waals surface area contributed by atoms with E-state index in [0.717, 1.165) is 6.42 Å². The fourth-order valence-corrected chi connectivity index (χ4v) is 2.08. The van der Waals surface area contributed by atoms with Gasteiger partial charge >= 0.3 is 0 Å². The molecule has 1 nitrogen and oxygen atoms in total. The van der Waals surface area contributed by atoms with E-state index in [0.29, 0.717) is 11.5 Å². The van der Waals surface area contributed by atoms with Crippen molar-refractivity contribution in [3.63, 3.8) is 0 Å². The van der Waals surface area contributed by atoms with Crippen molar-refractivity contribution < 1.29 is 4.74 Å². The minimum Gasteiger partial charge on any atom is -0.381 e. The molecule has 0 aliphatic heterocycles. The second-order valence-electron chi connectivity index (χ2n) is 4.48. The van der Waals surface area contributed by atoms with Crippen LogP contribution in [0.2, 0.25) is 0 Å². The first-order chi connectivity index (χ1) is 6.14. The highest BCUT2D eigenvalue weighted by molar-refractivity contribution is 5.06. The maximum atomic E-state index is 5.53. The van der Waals surface area contributed by atoms with Crippen LogP contribution in [-0.2, 0) is 4.74 Å². The molecule has 0 saturated heterocycles. The quantitative estimate of drug-likeness (QED) is 0.591. The van der Waals surface area contributed by atoms with Crippen LogP contribution in [0.5, 0.6) is 0 Å². The van der Waals surface area contributed by atoms with Crippen LogP contribution in [0, 0.1) is 5.41 Å². The Labute approximate surface area is 82.2 Å². The molecule has 0 bridgehead atoms. The number of hydrogen-bond acceptors (Lipinski definition) is 1. The Morgan fingerprint density at radius 2 is 2.08 bits per heavy atom. The van der Waals surface area contributed by atoms with E-state index in [4.69, 9.17) is 4.74 Å².